The fourth-order valence-corrected chi connectivity index (χ4v) is 2.47. The number of unbranched alkanes of at least 4 members (excludes halogenated alkanes) is 1. The average molecular weight is 197 g/mol. The van der Waals surface area contributed by atoms with Crippen LogP contribution in [0.4, 0.5) is 0 Å². The fourth-order valence-electron chi connectivity index (χ4n) is 2.47. The van der Waals surface area contributed by atoms with E-state index in [1.165, 1.54) is 38.6 Å². The summed E-state index contributed by atoms with van der Waals surface area (Å²) in [6, 6.07) is 0.644. The van der Waals surface area contributed by atoms with Gasteiger partial charge in [0.2, 0.25) is 0 Å². The van der Waals surface area contributed by atoms with Gasteiger partial charge in [-0.15, -0.1) is 0 Å². The maximum Gasteiger partial charge on any atom is 0.00128 e. The van der Waals surface area contributed by atoms with E-state index in [9.17, 15) is 0 Å². The van der Waals surface area contributed by atoms with Crippen molar-refractivity contribution in [3.05, 3.63) is 0 Å². The molecule has 1 nitrogen and oxygen atoms in total. The Hall–Kier alpha value is -0.0400. The van der Waals surface area contributed by atoms with Crippen LogP contribution in [0.3, 0.4) is 0 Å². The number of hydrogen-bond donors (Lipinski definition) is 1. The quantitative estimate of drug-likeness (QED) is 0.657. The summed E-state index contributed by atoms with van der Waals surface area (Å²) in [6.07, 6.45) is 7.08. The third-order valence-electron chi connectivity index (χ3n) is 3.83. The van der Waals surface area contributed by atoms with Gasteiger partial charge in [-0.25, -0.2) is 0 Å². The van der Waals surface area contributed by atoms with Crippen molar-refractivity contribution in [3.8, 4) is 0 Å². The minimum absolute atomic E-state index is 0.644. The van der Waals surface area contributed by atoms with Crippen molar-refractivity contribution in [2.45, 2.75) is 65.8 Å². The van der Waals surface area contributed by atoms with Crippen LogP contribution in [-0.2, 0) is 0 Å². The molecule has 0 aliphatic heterocycles. The van der Waals surface area contributed by atoms with Gasteiger partial charge in [-0.1, -0.05) is 40.5 Å². The smallest absolute Gasteiger partial charge is 0.00128 e. The van der Waals surface area contributed by atoms with Gasteiger partial charge in [0.05, 0.1) is 0 Å². The molecule has 1 saturated carbocycles. The zero-order chi connectivity index (χ0) is 10.6. The van der Waals surface area contributed by atoms with Crippen molar-refractivity contribution < 1.29 is 0 Å². The van der Waals surface area contributed by atoms with Gasteiger partial charge in [0, 0.05) is 12.6 Å². The highest BCUT2D eigenvalue weighted by Crippen LogP contribution is 2.57. The Labute approximate surface area is 89.7 Å². The van der Waals surface area contributed by atoms with Crippen molar-refractivity contribution >= 4 is 0 Å². The first kappa shape index (κ1) is 12.0. The molecule has 1 N–H and O–H groups in total. The minimum Gasteiger partial charge on any atom is -0.314 e. The molecule has 1 aliphatic carbocycles. The molecule has 1 fully saturated rings. The van der Waals surface area contributed by atoms with E-state index in [1.54, 1.807) is 0 Å². The van der Waals surface area contributed by atoms with Crippen LogP contribution in [-0.4, -0.2) is 12.6 Å². The highest BCUT2D eigenvalue weighted by atomic mass is 14.9. The zero-order valence-electron chi connectivity index (χ0n) is 10.4. The average Bonchev–Trinajstić information content (AvgIpc) is 2.86. The molecule has 0 amide bonds. The lowest BCUT2D eigenvalue weighted by molar-refractivity contribution is 0.374. The summed E-state index contributed by atoms with van der Waals surface area (Å²) in [5.74, 6) is 1.03. The van der Waals surface area contributed by atoms with Gasteiger partial charge in [-0.05, 0) is 30.6 Å². The Kier molecular flexibility index (Phi) is 4.43. The van der Waals surface area contributed by atoms with E-state index in [0.29, 0.717) is 11.5 Å². The normalized spacial score (nSPS) is 31.1. The maximum absolute atomic E-state index is 3.61. The van der Waals surface area contributed by atoms with Gasteiger partial charge < -0.3 is 5.32 Å². The van der Waals surface area contributed by atoms with E-state index >= 15 is 0 Å². The molecule has 0 bridgehead atoms. The summed E-state index contributed by atoms with van der Waals surface area (Å²) < 4.78 is 0. The summed E-state index contributed by atoms with van der Waals surface area (Å²) in [6.45, 7) is 10.4. The summed E-state index contributed by atoms with van der Waals surface area (Å²) in [7, 11) is 0. The zero-order valence-corrected chi connectivity index (χ0v) is 10.4. The van der Waals surface area contributed by atoms with Crippen LogP contribution in [0.1, 0.15) is 59.8 Å². The predicted molar refractivity (Wildman–Crippen MR) is 63.5 cm³/mol. The minimum atomic E-state index is 0.644. The summed E-state index contributed by atoms with van der Waals surface area (Å²) >= 11 is 0. The van der Waals surface area contributed by atoms with Crippen molar-refractivity contribution in [3.63, 3.8) is 0 Å². The first-order chi connectivity index (χ1) is 6.64. The topological polar surface area (TPSA) is 12.0 Å². The molecule has 2 atom stereocenters. The third kappa shape index (κ3) is 2.98. The van der Waals surface area contributed by atoms with Crippen LogP contribution in [0.2, 0.25) is 0 Å². The molecule has 14 heavy (non-hydrogen) atoms. The fraction of sp³-hybridized carbons (Fsp3) is 1.00. The first-order valence-electron chi connectivity index (χ1n) is 6.38. The largest absolute Gasteiger partial charge is 0.314 e. The van der Waals surface area contributed by atoms with Crippen LogP contribution in [0.25, 0.3) is 0 Å². The standard InChI is InChI=1S/C13H27N/c1-5-7-8-12-9-13(12,6-2)10-14-11(3)4/h11-12,14H,5-10H2,1-4H3. The summed E-state index contributed by atoms with van der Waals surface area (Å²) in [5, 5.41) is 3.61. The highest BCUT2D eigenvalue weighted by Gasteiger charge is 2.50. The highest BCUT2D eigenvalue weighted by molar-refractivity contribution is 5.02. The molecular weight excluding hydrogens is 170 g/mol. The third-order valence-corrected chi connectivity index (χ3v) is 3.83. The molecule has 0 spiro atoms. The van der Waals surface area contributed by atoms with Crippen LogP contribution < -0.4 is 5.32 Å². The molecular formula is C13H27N. The van der Waals surface area contributed by atoms with Crippen LogP contribution >= 0.6 is 0 Å². The summed E-state index contributed by atoms with van der Waals surface area (Å²) in [4.78, 5) is 0. The second-order valence-corrected chi connectivity index (χ2v) is 5.29. The molecule has 0 heterocycles. The molecule has 1 rings (SSSR count). The first-order valence-corrected chi connectivity index (χ1v) is 6.38. The monoisotopic (exact) mass is 197 g/mol. The van der Waals surface area contributed by atoms with E-state index in [2.05, 4.69) is 33.0 Å². The Morgan fingerprint density at radius 1 is 1.36 bits per heavy atom. The van der Waals surface area contributed by atoms with Crippen LogP contribution in [0, 0.1) is 11.3 Å². The lowest BCUT2D eigenvalue weighted by Crippen LogP contribution is -2.30. The van der Waals surface area contributed by atoms with E-state index < -0.39 is 0 Å². The lowest BCUT2D eigenvalue weighted by atomic mass is 9.97. The lowest BCUT2D eigenvalue weighted by Gasteiger charge is -2.18. The van der Waals surface area contributed by atoms with Crippen LogP contribution in [0.15, 0.2) is 0 Å². The van der Waals surface area contributed by atoms with Crippen molar-refractivity contribution in [1.29, 1.82) is 0 Å². The van der Waals surface area contributed by atoms with E-state index in [4.69, 9.17) is 0 Å². The van der Waals surface area contributed by atoms with E-state index in [-0.39, 0.29) is 0 Å². The SMILES string of the molecule is CCCCC1CC1(CC)CNC(C)C. The molecule has 0 aromatic rings. The second kappa shape index (κ2) is 5.16. The van der Waals surface area contributed by atoms with E-state index in [1.807, 2.05) is 0 Å². The molecule has 1 heteroatoms. The Bertz CT molecular complexity index is 165. The van der Waals surface area contributed by atoms with Gasteiger partial charge in [-0.3, -0.25) is 0 Å². The van der Waals surface area contributed by atoms with Crippen molar-refractivity contribution in [1.82, 2.24) is 5.32 Å². The Morgan fingerprint density at radius 2 is 2.07 bits per heavy atom. The number of hydrogen-bond acceptors (Lipinski definition) is 1. The second-order valence-electron chi connectivity index (χ2n) is 5.29. The van der Waals surface area contributed by atoms with Gasteiger partial charge in [0.1, 0.15) is 0 Å². The van der Waals surface area contributed by atoms with Crippen molar-refractivity contribution in [2.75, 3.05) is 6.54 Å². The maximum atomic E-state index is 3.61. The predicted octanol–water partition coefficient (Wildman–Crippen LogP) is 3.59. The summed E-state index contributed by atoms with van der Waals surface area (Å²) in [5.41, 5.74) is 0.680. The Balaban J connectivity index is 2.25. The molecule has 0 aromatic heterocycles. The van der Waals surface area contributed by atoms with Gasteiger partial charge in [0.25, 0.3) is 0 Å². The molecule has 0 radical (unpaired) electrons. The molecule has 1 aliphatic rings. The van der Waals surface area contributed by atoms with Gasteiger partial charge >= 0.3 is 0 Å². The molecule has 2 unspecified atom stereocenters. The Morgan fingerprint density at radius 3 is 2.57 bits per heavy atom. The molecule has 84 valence electrons. The van der Waals surface area contributed by atoms with Gasteiger partial charge in [0.15, 0.2) is 0 Å². The van der Waals surface area contributed by atoms with Crippen molar-refractivity contribution in [2.24, 2.45) is 11.3 Å². The molecule has 0 saturated heterocycles. The van der Waals surface area contributed by atoms with Gasteiger partial charge in [-0.2, -0.15) is 0 Å². The van der Waals surface area contributed by atoms with E-state index in [0.717, 1.165) is 5.92 Å². The molecule has 0 aromatic carbocycles. The van der Waals surface area contributed by atoms with Crippen LogP contribution in [0.5, 0.6) is 0 Å². The number of nitrogens with one attached hydrogen (secondary N) is 1. The number of rotatable bonds is 7.